The minimum Gasteiger partial charge on any atom is -0.748 e. The molecule has 0 aliphatic heterocycles. The highest BCUT2D eigenvalue weighted by Crippen LogP contribution is 2.11. The first-order valence-corrected chi connectivity index (χ1v) is 9.68. The van der Waals surface area contributed by atoms with Gasteiger partial charge in [-0.2, -0.15) is 0 Å². The van der Waals surface area contributed by atoms with Gasteiger partial charge >= 0.3 is 0 Å². The minimum absolute atomic E-state index is 0.222. The van der Waals surface area contributed by atoms with Crippen molar-refractivity contribution < 1.29 is 17.9 Å². The van der Waals surface area contributed by atoms with Crippen molar-refractivity contribution >= 4 is 10.1 Å². The maximum Gasteiger partial charge on any atom is 0.0948 e. The molecule has 5 heteroatoms. The number of unbranched alkanes of at least 4 members (excludes halogenated alkanes) is 7. The van der Waals surface area contributed by atoms with Gasteiger partial charge in [0.25, 0.3) is 0 Å². The van der Waals surface area contributed by atoms with Crippen LogP contribution in [0.5, 0.6) is 0 Å². The van der Waals surface area contributed by atoms with Crippen LogP contribution in [0.2, 0.25) is 0 Å². The lowest BCUT2D eigenvalue weighted by molar-refractivity contribution is -0.886. The van der Waals surface area contributed by atoms with E-state index in [1.54, 1.807) is 0 Å². The summed E-state index contributed by atoms with van der Waals surface area (Å²) in [6, 6.07) is 0.291. The molecule has 0 aliphatic rings. The zero-order valence-corrected chi connectivity index (χ0v) is 14.3. The van der Waals surface area contributed by atoms with Crippen molar-refractivity contribution in [2.45, 2.75) is 77.2 Å². The van der Waals surface area contributed by atoms with Gasteiger partial charge in [-0.25, -0.2) is 8.42 Å². The lowest BCUT2D eigenvalue weighted by atomic mass is 10.0. The molecule has 0 spiro atoms. The van der Waals surface area contributed by atoms with E-state index in [0.29, 0.717) is 12.5 Å². The summed E-state index contributed by atoms with van der Waals surface area (Å²) >= 11 is 0. The average molecular weight is 308 g/mol. The quantitative estimate of drug-likeness (QED) is 0.418. The van der Waals surface area contributed by atoms with Crippen LogP contribution in [0.1, 0.15) is 71.1 Å². The van der Waals surface area contributed by atoms with Gasteiger partial charge in [0.15, 0.2) is 0 Å². The van der Waals surface area contributed by atoms with E-state index in [0.717, 1.165) is 12.8 Å². The highest BCUT2D eigenvalue weighted by molar-refractivity contribution is 7.85. The Morgan fingerprint density at radius 3 is 1.85 bits per heavy atom. The Bertz CT molecular complexity index is 315. The van der Waals surface area contributed by atoms with Gasteiger partial charge < -0.3 is 9.45 Å². The van der Waals surface area contributed by atoms with E-state index in [2.05, 4.69) is 6.92 Å². The second kappa shape index (κ2) is 11.5. The van der Waals surface area contributed by atoms with Crippen LogP contribution in [-0.2, 0) is 10.1 Å². The molecular formula is C15H33NO3S. The summed E-state index contributed by atoms with van der Waals surface area (Å²) < 4.78 is 32.1. The van der Waals surface area contributed by atoms with Crippen molar-refractivity contribution in [2.75, 3.05) is 19.8 Å². The molecule has 0 aromatic rings. The second-order valence-corrected chi connectivity index (χ2v) is 7.61. The zero-order valence-electron chi connectivity index (χ0n) is 13.5. The van der Waals surface area contributed by atoms with E-state index in [1.165, 1.54) is 49.8 Å². The van der Waals surface area contributed by atoms with E-state index in [9.17, 15) is 13.0 Å². The van der Waals surface area contributed by atoms with Gasteiger partial charge in [0, 0.05) is 12.2 Å². The fraction of sp³-hybridized carbons (Fsp3) is 1.00. The highest BCUT2D eigenvalue weighted by atomic mass is 32.2. The van der Waals surface area contributed by atoms with Crippen LogP contribution in [0.25, 0.3) is 0 Å². The monoisotopic (exact) mass is 307 g/mol. The molecule has 122 valence electrons. The molecule has 1 atom stereocenters. The third kappa shape index (κ3) is 12.9. The topological polar surface area (TPSA) is 61.6 Å². The summed E-state index contributed by atoms with van der Waals surface area (Å²) in [5.74, 6) is -0.222. The molecule has 0 heterocycles. The maximum atomic E-state index is 10.7. The Hall–Kier alpha value is -0.130. The third-order valence-corrected chi connectivity index (χ3v) is 4.67. The number of rotatable bonds is 13. The van der Waals surface area contributed by atoms with Gasteiger partial charge in [-0.3, -0.25) is 0 Å². The Labute approximate surface area is 125 Å². The van der Waals surface area contributed by atoms with Crippen LogP contribution >= 0.6 is 0 Å². The maximum absolute atomic E-state index is 10.7. The summed E-state index contributed by atoms with van der Waals surface area (Å²) in [5, 5.41) is 0. The largest absolute Gasteiger partial charge is 0.748 e. The molecule has 0 radical (unpaired) electrons. The summed E-state index contributed by atoms with van der Waals surface area (Å²) in [7, 11) is 0.00497. The fourth-order valence-corrected chi connectivity index (χ4v) is 3.11. The first-order chi connectivity index (χ1) is 9.37. The van der Waals surface area contributed by atoms with Gasteiger partial charge in [0.05, 0.1) is 30.3 Å². The van der Waals surface area contributed by atoms with Crippen molar-refractivity contribution in [2.24, 2.45) is 0 Å². The molecule has 0 fully saturated rings. The highest BCUT2D eigenvalue weighted by Gasteiger charge is 2.15. The smallest absolute Gasteiger partial charge is 0.0948 e. The summed E-state index contributed by atoms with van der Waals surface area (Å²) in [4.78, 5) is 1.25. The molecule has 1 N–H and O–H groups in total. The molecule has 0 aromatic heterocycles. The molecule has 0 saturated heterocycles. The van der Waals surface area contributed by atoms with Crippen LogP contribution in [0.3, 0.4) is 0 Å². The molecule has 0 aromatic carbocycles. The van der Waals surface area contributed by atoms with Gasteiger partial charge in [0.1, 0.15) is 0 Å². The predicted molar refractivity (Wildman–Crippen MR) is 83.0 cm³/mol. The fourth-order valence-electron chi connectivity index (χ4n) is 2.53. The number of hydrogen-bond acceptors (Lipinski definition) is 3. The molecule has 0 saturated carbocycles. The molecule has 4 nitrogen and oxygen atoms in total. The van der Waals surface area contributed by atoms with E-state index in [4.69, 9.17) is 0 Å². The molecule has 0 amide bonds. The minimum atomic E-state index is -4.06. The Morgan fingerprint density at radius 1 is 0.900 bits per heavy atom. The second-order valence-electron chi connectivity index (χ2n) is 6.09. The average Bonchev–Trinajstić information content (AvgIpc) is 2.34. The van der Waals surface area contributed by atoms with E-state index < -0.39 is 10.1 Å². The van der Waals surface area contributed by atoms with Crippen molar-refractivity contribution in [1.29, 1.82) is 0 Å². The molecule has 0 bridgehead atoms. The van der Waals surface area contributed by atoms with Gasteiger partial charge in [-0.1, -0.05) is 51.9 Å². The van der Waals surface area contributed by atoms with Gasteiger partial charge in [0.2, 0.25) is 0 Å². The van der Waals surface area contributed by atoms with E-state index in [-0.39, 0.29) is 5.75 Å². The zero-order chi connectivity index (χ0) is 15.4. The standard InChI is InChI=1S/C15H33NO3S/c1-4-5-6-7-8-9-10-11-12-15(16(2)3)13-14-20(17,18)19/h15H,4-14H2,1-3H3,(H,17,18,19). The van der Waals surface area contributed by atoms with Crippen molar-refractivity contribution in [3.05, 3.63) is 0 Å². The van der Waals surface area contributed by atoms with Gasteiger partial charge in [-0.15, -0.1) is 0 Å². The van der Waals surface area contributed by atoms with Crippen LogP contribution in [0.4, 0.5) is 0 Å². The summed E-state index contributed by atoms with van der Waals surface area (Å²) in [6.45, 7) is 2.23. The molecule has 1 unspecified atom stereocenters. The number of hydrogen-bond donors (Lipinski definition) is 1. The SMILES string of the molecule is CCCCCCCCCCC(CCS(=O)(=O)[O-])[NH+](C)C. The lowest BCUT2D eigenvalue weighted by Crippen LogP contribution is -3.10. The third-order valence-electron chi connectivity index (χ3n) is 3.94. The number of quaternary nitrogens is 1. The summed E-state index contributed by atoms with van der Waals surface area (Å²) in [6.07, 6.45) is 11.8. The van der Waals surface area contributed by atoms with E-state index in [1.807, 2.05) is 14.1 Å². The first-order valence-electron chi connectivity index (χ1n) is 8.10. The van der Waals surface area contributed by atoms with Crippen molar-refractivity contribution in [3.63, 3.8) is 0 Å². The number of nitrogens with one attached hydrogen (secondary N) is 1. The molecule has 0 rings (SSSR count). The van der Waals surface area contributed by atoms with Crippen molar-refractivity contribution in [3.8, 4) is 0 Å². The Morgan fingerprint density at radius 2 is 1.40 bits per heavy atom. The van der Waals surface area contributed by atoms with Crippen LogP contribution in [0, 0.1) is 0 Å². The van der Waals surface area contributed by atoms with Crippen LogP contribution in [0.15, 0.2) is 0 Å². The van der Waals surface area contributed by atoms with Gasteiger partial charge in [-0.05, 0) is 12.8 Å². The predicted octanol–water partition coefficient (Wildman–Crippen LogP) is 1.97. The molecule has 0 aliphatic carbocycles. The lowest BCUT2D eigenvalue weighted by Gasteiger charge is -2.22. The normalized spacial score (nSPS) is 13.8. The Kier molecular flexibility index (Phi) is 11.4. The molecule has 20 heavy (non-hydrogen) atoms. The van der Waals surface area contributed by atoms with Crippen molar-refractivity contribution in [1.82, 2.24) is 0 Å². The summed E-state index contributed by atoms with van der Waals surface area (Å²) in [5.41, 5.74) is 0. The van der Waals surface area contributed by atoms with Crippen LogP contribution in [-0.4, -0.2) is 38.9 Å². The molecular weight excluding hydrogens is 274 g/mol. The Balaban J connectivity index is 3.66. The first kappa shape index (κ1) is 19.9. The van der Waals surface area contributed by atoms with Crippen LogP contribution < -0.4 is 4.90 Å². The van der Waals surface area contributed by atoms with E-state index >= 15 is 0 Å².